The monoisotopic (exact) mass is 251 g/mol. The summed E-state index contributed by atoms with van der Waals surface area (Å²) in [6.45, 7) is 0. The molecule has 0 saturated heterocycles. The number of benzene rings is 1. The smallest absolute Gasteiger partial charge is 0.336 e. The van der Waals surface area contributed by atoms with Crippen LogP contribution in [-0.4, -0.2) is 38.5 Å². The second-order valence-corrected chi connectivity index (χ2v) is 3.43. The van der Waals surface area contributed by atoms with Gasteiger partial charge in [0, 0.05) is 0 Å². The van der Waals surface area contributed by atoms with Gasteiger partial charge in [-0.15, -0.1) is 0 Å². The molecule has 94 valence electrons. The Morgan fingerprint density at radius 1 is 1.17 bits per heavy atom. The van der Waals surface area contributed by atoms with Crippen LogP contribution in [0.4, 0.5) is 0 Å². The molecule has 0 aliphatic rings. The molecule has 1 rings (SSSR count). The van der Waals surface area contributed by atoms with Gasteiger partial charge >= 0.3 is 11.9 Å². The zero-order valence-electron chi connectivity index (χ0n) is 8.94. The number of nitrogens with zero attached hydrogens (tertiary/aromatic N) is 1. The van der Waals surface area contributed by atoms with Crippen LogP contribution in [-0.2, 0) is 0 Å². The number of carboxylic acids is 2. The minimum Gasteiger partial charge on any atom is -0.478 e. The molecule has 1 aromatic rings. The first kappa shape index (κ1) is 13.6. The van der Waals surface area contributed by atoms with Crippen molar-refractivity contribution in [2.24, 2.45) is 0 Å². The summed E-state index contributed by atoms with van der Waals surface area (Å²) in [6.07, 6.45) is -3.51. The summed E-state index contributed by atoms with van der Waals surface area (Å²) in [5, 5.41) is 44.8. The summed E-state index contributed by atoms with van der Waals surface area (Å²) in [4.78, 5) is 21.6. The molecular formula is C11H9NO6. The number of aliphatic hydroxyl groups is 2. The summed E-state index contributed by atoms with van der Waals surface area (Å²) >= 11 is 0. The molecule has 0 aromatic heterocycles. The Hall–Kier alpha value is -2.43. The molecule has 0 bridgehead atoms. The van der Waals surface area contributed by atoms with Crippen LogP contribution in [0.1, 0.15) is 32.4 Å². The molecule has 4 N–H and O–H groups in total. The fourth-order valence-electron chi connectivity index (χ4n) is 1.37. The molecule has 0 amide bonds. The molecular weight excluding hydrogens is 242 g/mol. The Kier molecular flexibility index (Phi) is 3.99. The summed E-state index contributed by atoms with van der Waals surface area (Å²) in [5.74, 6) is -2.78. The highest BCUT2D eigenvalue weighted by molar-refractivity contribution is 5.95. The Labute approximate surface area is 101 Å². The Balaban J connectivity index is 3.33. The van der Waals surface area contributed by atoms with Gasteiger partial charge in [-0.3, -0.25) is 0 Å². The maximum atomic E-state index is 10.9. The number of aliphatic hydroxyl groups excluding tert-OH is 2. The van der Waals surface area contributed by atoms with Crippen molar-refractivity contribution in [2.45, 2.75) is 12.2 Å². The second-order valence-electron chi connectivity index (χ2n) is 3.43. The fraction of sp³-hybridized carbons (Fsp3) is 0.182. The van der Waals surface area contributed by atoms with Crippen LogP contribution >= 0.6 is 0 Å². The lowest BCUT2D eigenvalue weighted by Gasteiger charge is -2.14. The van der Waals surface area contributed by atoms with Gasteiger partial charge in [0.15, 0.2) is 6.10 Å². The van der Waals surface area contributed by atoms with Crippen LogP contribution in [0.3, 0.4) is 0 Å². The predicted octanol–water partition coefficient (Wildman–Crippen LogP) is 0.000880. The molecule has 0 fully saturated rings. The average molecular weight is 251 g/mol. The van der Waals surface area contributed by atoms with Crippen molar-refractivity contribution in [2.75, 3.05) is 0 Å². The van der Waals surface area contributed by atoms with Crippen LogP contribution in [0.5, 0.6) is 0 Å². The standard InChI is InChI=1S/C11H9NO6/c12-4-8(13)9(14)6-2-1-5(10(15)16)3-7(6)11(17)18/h1-3,8-9,13-14H,(H,15,16)(H,17,18). The van der Waals surface area contributed by atoms with E-state index in [-0.39, 0.29) is 11.1 Å². The van der Waals surface area contributed by atoms with Crippen molar-refractivity contribution in [1.29, 1.82) is 5.26 Å². The van der Waals surface area contributed by atoms with Gasteiger partial charge in [-0.05, 0) is 17.7 Å². The van der Waals surface area contributed by atoms with E-state index in [1.54, 1.807) is 0 Å². The zero-order chi connectivity index (χ0) is 13.9. The highest BCUT2D eigenvalue weighted by atomic mass is 16.4. The van der Waals surface area contributed by atoms with Crippen molar-refractivity contribution < 1.29 is 30.0 Å². The topological polar surface area (TPSA) is 139 Å². The second kappa shape index (κ2) is 5.27. The van der Waals surface area contributed by atoms with E-state index in [4.69, 9.17) is 20.6 Å². The van der Waals surface area contributed by atoms with Crippen LogP contribution in [0.25, 0.3) is 0 Å². The molecule has 2 atom stereocenters. The Morgan fingerprint density at radius 2 is 1.78 bits per heavy atom. The SMILES string of the molecule is N#CC(O)C(O)c1ccc(C(=O)O)cc1C(=O)O. The van der Waals surface area contributed by atoms with E-state index in [1.165, 1.54) is 6.07 Å². The Morgan fingerprint density at radius 3 is 2.22 bits per heavy atom. The number of rotatable bonds is 4. The molecule has 2 unspecified atom stereocenters. The maximum Gasteiger partial charge on any atom is 0.336 e. The third-order valence-corrected chi connectivity index (χ3v) is 2.28. The van der Waals surface area contributed by atoms with Crippen molar-refractivity contribution >= 4 is 11.9 Å². The van der Waals surface area contributed by atoms with Crippen molar-refractivity contribution in [3.05, 3.63) is 34.9 Å². The number of hydrogen-bond acceptors (Lipinski definition) is 5. The van der Waals surface area contributed by atoms with Gasteiger partial charge in [-0.2, -0.15) is 5.26 Å². The summed E-state index contributed by atoms with van der Waals surface area (Å²) in [7, 11) is 0. The lowest BCUT2D eigenvalue weighted by Crippen LogP contribution is -2.19. The first-order valence-electron chi connectivity index (χ1n) is 4.74. The predicted molar refractivity (Wildman–Crippen MR) is 56.9 cm³/mol. The highest BCUT2D eigenvalue weighted by Gasteiger charge is 2.24. The van der Waals surface area contributed by atoms with Gasteiger partial charge in [-0.25, -0.2) is 9.59 Å². The molecule has 0 aliphatic heterocycles. The minimum atomic E-state index is -1.79. The number of nitriles is 1. The van der Waals surface area contributed by atoms with E-state index in [0.29, 0.717) is 0 Å². The number of carboxylic acid groups (broad SMARTS) is 2. The molecule has 0 aliphatic carbocycles. The molecule has 1 aromatic carbocycles. The van der Waals surface area contributed by atoms with E-state index in [9.17, 15) is 14.7 Å². The van der Waals surface area contributed by atoms with E-state index in [1.807, 2.05) is 0 Å². The van der Waals surface area contributed by atoms with Gasteiger partial charge in [-0.1, -0.05) is 6.07 Å². The summed E-state index contributed by atoms with van der Waals surface area (Å²) < 4.78 is 0. The number of carbonyl (C=O) groups is 2. The van der Waals surface area contributed by atoms with E-state index < -0.39 is 29.7 Å². The van der Waals surface area contributed by atoms with Crippen molar-refractivity contribution in [3.63, 3.8) is 0 Å². The number of hydrogen-bond donors (Lipinski definition) is 4. The largest absolute Gasteiger partial charge is 0.478 e. The first-order chi connectivity index (χ1) is 8.38. The van der Waals surface area contributed by atoms with Crippen LogP contribution in [0, 0.1) is 11.3 Å². The van der Waals surface area contributed by atoms with Gasteiger partial charge in [0.2, 0.25) is 0 Å². The maximum absolute atomic E-state index is 10.9. The quantitative estimate of drug-likeness (QED) is 0.552. The molecule has 0 heterocycles. The third-order valence-electron chi connectivity index (χ3n) is 2.28. The molecule has 7 heteroatoms. The Bertz CT molecular complexity index is 533. The van der Waals surface area contributed by atoms with Crippen LogP contribution in [0.15, 0.2) is 18.2 Å². The summed E-state index contributed by atoms with van der Waals surface area (Å²) in [6, 6.07) is 4.35. The lowest BCUT2D eigenvalue weighted by atomic mass is 9.97. The van der Waals surface area contributed by atoms with Gasteiger partial charge < -0.3 is 20.4 Å². The van der Waals surface area contributed by atoms with Gasteiger partial charge in [0.05, 0.1) is 17.2 Å². The highest BCUT2D eigenvalue weighted by Crippen LogP contribution is 2.22. The van der Waals surface area contributed by atoms with Crippen molar-refractivity contribution in [1.82, 2.24) is 0 Å². The fourth-order valence-corrected chi connectivity index (χ4v) is 1.37. The average Bonchev–Trinajstić information content (AvgIpc) is 2.35. The summed E-state index contributed by atoms with van der Waals surface area (Å²) in [5.41, 5.74) is -0.965. The van der Waals surface area contributed by atoms with Gasteiger partial charge in [0.25, 0.3) is 0 Å². The van der Waals surface area contributed by atoms with Crippen LogP contribution in [0.2, 0.25) is 0 Å². The molecule has 0 saturated carbocycles. The molecule has 7 nitrogen and oxygen atoms in total. The van der Waals surface area contributed by atoms with E-state index in [2.05, 4.69) is 0 Å². The van der Waals surface area contributed by atoms with E-state index in [0.717, 1.165) is 18.2 Å². The van der Waals surface area contributed by atoms with E-state index >= 15 is 0 Å². The lowest BCUT2D eigenvalue weighted by molar-refractivity contribution is 0.0498. The van der Waals surface area contributed by atoms with Crippen LogP contribution < -0.4 is 0 Å². The number of aromatic carboxylic acids is 2. The first-order valence-corrected chi connectivity index (χ1v) is 4.74. The minimum absolute atomic E-state index is 0.221. The molecule has 0 radical (unpaired) electrons. The van der Waals surface area contributed by atoms with Crippen molar-refractivity contribution in [3.8, 4) is 6.07 Å². The molecule has 0 spiro atoms. The van der Waals surface area contributed by atoms with Gasteiger partial charge in [0.1, 0.15) is 6.10 Å². The zero-order valence-corrected chi connectivity index (χ0v) is 8.94. The molecule has 18 heavy (non-hydrogen) atoms. The normalized spacial score (nSPS) is 13.4. The third kappa shape index (κ3) is 2.63.